The molecule has 0 spiro atoms. The van der Waals surface area contributed by atoms with Crippen molar-refractivity contribution in [1.82, 2.24) is 15.5 Å². The summed E-state index contributed by atoms with van der Waals surface area (Å²) < 4.78 is 5.35. The summed E-state index contributed by atoms with van der Waals surface area (Å²) in [6, 6.07) is 6.33. The van der Waals surface area contributed by atoms with Crippen LogP contribution in [-0.2, 0) is 14.3 Å². The highest BCUT2D eigenvalue weighted by Crippen LogP contribution is 2.13. The molecule has 2 rings (SSSR count). The van der Waals surface area contributed by atoms with Crippen molar-refractivity contribution in [3.05, 3.63) is 35.4 Å². The summed E-state index contributed by atoms with van der Waals surface area (Å²) >= 11 is 5.39. The third kappa shape index (κ3) is 9.50. The van der Waals surface area contributed by atoms with Gasteiger partial charge in [0.05, 0.1) is 13.0 Å². The Morgan fingerprint density at radius 3 is 2.39 bits per heavy atom. The lowest BCUT2D eigenvalue weighted by molar-refractivity contribution is -0.147. The number of unbranched alkanes of at least 4 members (excludes halogenated alkanes) is 7. The average molecular weight is 476 g/mol. The topological polar surface area (TPSA) is 87.7 Å². The van der Waals surface area contributed by atoms with Crippen molar-refractivity contribution in [3.8, 4) is 0 Å². The van der Waals surface area contributed by atoms with E-state index in [1.54, 1.807) is 17.0 Å². The Morgan fingerprint density at radius 1 is 1.09 bits per heavy atom. The van der Waals surface area contributed by atoms with E-state index in [0.717, 1.165) is 24.8 Å². The van der Waals surface area contributed by atoms with E-state index in [9.17, 15) is 14.4 Å². The van der Waals surface area contributed by atoms with Crippen LogP contribution in [0.1, 0.15) is 80.6 Å². The van der Waals surface area contributed by atoms with Crippen LogP contribution in [0.25, 0.3) is 0 Å². The van der Waals surface area contributed by atoms with Gasteiger partial charge in [-0.3, -0.25) is 19.7 Å². The number of nitrogens with one attached hydrogen (secondary N) is 2. The molecule has 2 N–H and O–H groups in total. The minimum atomic E-state index is -0.796. The summed E-state index contributed by atoms with van der Waals surface area (Å²) in [5.74, 6) is -1.07. The third-order valence-electron chi connectivity index (χ3n) is 5.75. The zero-order valence-corrected chi connectivity index (χ0v) is 20.7. The van der Waals surface area contributed by atoms with E-state index < -0.39 is 12.0 Å². The van der Waals surface area contributed by atoms with E-state index in [2.05, 4.69) is 17.6 Å². The summed E-state index contributed by atoms with van der Waals surface area (Å²) in [5, 5.41) is 5.57. The fourth-order valence-corrected chi connectivity index (χ4v) is 4.06. The van der Waals surface area contributed by atoms with Crippen LogP contribution >= 0.6 is 12.2 Å². The number of nitrogens with zero attached hydrogens (tertiary/aromatic N) is 1. The van der Waals surface area contributed by atoms with Gasteiger partial charge in [0.15, 0.2) is 5.11 Å². The standard InChI is InChI=1S/C25H37N3O4S/c1-3-4-5-6-7-8-9-10-17-32-22(29)18-21-24(31)26-15-16-28(21)25(33)27-23(30)20-13-11-19(2)12-14-20/h11-14,21H,3-10,15-18H2,1-2H3,(H,26,31)(H,27,30,33). The molecule has 1 atom stereocenters. The molecule has 182 valence electrons. The van der Waals surface area contributed by atoms with Crippen LogP contribution in [0.4, 0.5) is 0 Å². The van der Waals surface area contributed by atoms with Crippen LogP contribution in [0.3, 0.4) is 0 Å². The van der Waals surface area contributed by atoms with Gasteiger partial charge in [-0.05, 0) is 37.7 Å². The fraction of sp³-hybridized carbons (Fsp3) is 0.600. The fourth-order valence-electron chi connectivity index (χ4n) is 3.75. The Bertz CT molecular complexity index is 797. The largest absolute Gasteiger partial charge is 0.466 e. The van der Waals surface area contributed by atoms with Gasteiger partial charge in [0.1, 0.15) is 6.04 Å². The number of piperazine rings is 1. The van der Waals surface area contributed by atoms with Crippen LogP contribution in [-0.4, -0.2) is 53.5 Å². The maximum Gasteiger partial charge on any atom is 0.308 e. The van der Waals surface area contributed by atoms with Gasteiger partial charge in [-0.2, -0.15) is 0 Å². The number of amides is 2. The molecule has 0 radical (unpaired) electrons. The van der Waals surface area contributed by atoms with Crippen molar-refractivity contribution in [3.63, 3.8) is 0 Å². The van der Waals surface area contributed by atoms with Crippen molar-refractivity contribution in [1.29, 1.82) is 0 Å². The summed E-state index contributed by atoms with van der Waals surface area (Å²) in [5.41, 5.74) is 1.53. The molecular formula is C25H37N3O4S. The molecular weight excluding hydrogens is 438 g/mol. The Hall–Kier alpha value is -2.48. The van der Waals surface area contributed by atoms with Gasteiger partial charge in [-0.25, -0.2) is 0 Å². The molecule has 33 heavy (non-hydrogen) atoms. The zero-order valence-electron chi connectivity index (χ0n) is 19.9. The van der Waals surface area contributed by atoms with E-state index >= 15 is 0 Å². The van der Waals surface area contributed by atoms with Crippen LogP contribution in [0.5, 0.6) is 0 Å². The van der Waals surface area contributed by atoms with E-state index in [1.165, 1.54) is 32.1 Å². The van der Waals surface area contributed by atoms with Gasteiger partial charge in [-0.15, -0.1) is 0 Å². The number of carbonyl (C=O) groups is 3. The number of aryl methyl sites for hydroxylation is 1. The smallest absolute Gasteiger partial charge is 0.308 e. The van der Waals surface area contributed by atoms with E-state index in [4.69, 9.17) is 17.0 Å². The van der Waals surface area contributed by atoms with Crippen molar-refractivity contribution in [2.45, 2.75) is 77.7 Å². The van der Waals surface area contributed by atoms with Gasteiger partial charge in [0.25, 0.3) is 5.91 Å². The van der Waals surface area contributed by atoms with E-state index in [1.807, 2.05) is 19.1 Å². The zero-order chi connectivity index (χ0) is 24.1. The van der Waals surface area contributed by atoms with Crippen LogP contribution in [0.2, 0.25) is 0 Å². The van der Waals surface area contributed by atoms with E-state index in [-0.39, 0.29) is 23.3 Å². The molecule has 0 bridgehead atoms. The minimum Gasteiger partial charge on any atom is -0.466 e. The molecule has 1 heterocycles. The second-order valence-corrected chi connectivity index (χ2v) is 8.91. The number of carbonyl (C=O) groups excluding carboxylic acids is 3. The molecule has 1 fully saturated rings. The Kier molecular flexibility index (Phi) is 11.9. The first-order chi connectivity index (χ1) is 15.9. The Labute approximate surface area is 202 Å². The van der Waals surface area contributed by atoms with Crippen molar-refractivity contribution in [2.24, 2.45) is 0 Å². The highest BCUT2D eigenvalue weighted by Gasteiger charge is 2.34. The van der Waals surface area contributed by atoms with Crippen LogP contribution in [0.15, 0.2) is 24.3 Å². The normalized spacial score (nSPS) is 15.6. The number of rotatable bonds is 12. The monoisotopic (exact) mass is 475 g/mol. The average Bonchev–Trinajstić information content (AvgIpc) is 2.79. The molecule has 0 saturated carbocycles. The third-order valence-corrected chi connectivity index (χ3v) is 6.08. The van der Waals surface area contributed by atoms with Crippen molar-refractivity contribution >= 4 is 35.1 Å². The van der Waals surface area contributed by atoms with Gasteiger partial charge in [-0.1, -0.05) is 69.6 Å². The first-order valence-electron chi connectivity index (χ1n) is 12.0. The molecule has 0 aliphatic carbocycles. The van der Waals surface area contributed by atoms with Crippen LogP contribution in [0, 0.1) is 6.92 Å². The molecule has 2 amide bonds. The predicted molar refractivity (Wildman–Crippen MR) is 133 cm³/mol. The molecule has 1 aromatic carbocycles. The van der Waals surface area contributed by atoms with E-state index in [0.29, 0.717) is 25.3 Å². The highest BCUT2D eigenvalue weighted by molar-refractivity contribution is 7.80. The maximum atomic E-state index is 12.5. The molecule has 1 saturated heterocycles. The lowest BCUT2D eigenvalue weighted by Gasteiger charge is -2.36. The second kappa shape index (κ2) is 14.6. The SMILES string of the molecule is CCCCCCCCCCOC(=O)CC1C(=O)NCCN1C(=S)NC(=O)c1ccc(C)cc1. The molecule has 8 heteroatoms. The molecule has 1 aliphatic rings. The summed E-state index contributed by atoms with van der Waals surface area (Å²) in [6.45, 7) is 5.31. The maximum absolute atomic E-state index is 12.5. The molecule has 0 aromatic heterocycles. The first kappa shape index (κ1) is 26.8. The summed E-state index contributed by atoms with van der Waals surface area (Å²) in [7, 11) is 0. The predicted octanol–water partition coefficient (Wildman–Crippen LogP) is 3.88. The molecule has 1 unspecified atom stereocenters. The minimum absolute atomic E-state index is 0.108. The van der Waals surface area contributed by atoms with Crippen molar-refractivity contribution < 1.29 is 19.1 Å². The van der Waals surface area contributed by atoms with Gasteiger partial charge in [0, 0.05) is 18.7 Å². The number of thiocarbonyl (C=S) groups is 1. The number of benzene rings is 1. The van der Waals surface area contributed by atoms with Gasteiger partial charge in [0.2, 0.25) is 5.91 Å². The molecule has 1 aromatic rings. The van der Waals surface area contributed by atoms with Crippen molar-refractivity contribution in [2.75, 3.05) is 19.7 Å². The lowest BCUT2D eigenvalue weighted by Crippen LogP contribution is -2.60. The summed E-state index contributed by atoms with van der Waals surface area (Å²) in [4.78, 5) is 38.9. The lowest BCUT2D eigenvalue weighted by atomic mass is 10.1. The number of hydrogen-bond acceptors (Lipinski definition) is 5. The summed E-state index contributed by atoms with van der Waals surface area (Å²) in [6.07, 6.45) is 9.21. The molecule has 7 nitrogen and oxygen atoms in total. The molecule has 1 aliphatic heterocycles. The number of ether oxygens (including phenoxy) is 1. The Balaban J connectivity index is 1.77. The van der Waals surface area contributed by atoms with Gasteiger partial charge >= 0.3 is 5.97 Å². The van der Waals surface area contributed by atoms with Crippen LogP contribution < -0.4 is 10.6 Å². The number of hydrogen-bond donors (Lipinski definition) is 2. The quantitative estimate of drug-likeness (QED) is 0.271. The Morgan fingerprint density at radius 2 is 1.73 bits per heavy atom. The first-order valence-corrected chi connectivity index (χ1v) is 12.4. The number of esters is 1. The second-order valence-electron chi connectivity index (χ2n) is 8.52. The highest BCUT2D eigenvalue weighted by atomic mass is 32.1. The van der Waals surface area contributed by atoms with Gasteiger partial charge < -0.3 is 15.0 Å².